The van der Waals surface area contributed by atoms with Crippen LogP contribution < -0.4 is 0 Å². The number of allylic oxidation sites excluding steroid dienone is 4. The number of sulfone groups is 1. The first kappa shape index (κ1) is 11.1. The molecule has 1 rings (SSSR count). The van der Waals surface area contributed by atoms with Crippen molar-refractivity contribution in [3.05, 3.63) is 22.1 Å². The Morgan fingerprint density at radius 3 is 2.46 bits per heavy atom. The van der Waals surface area contributed by atoms with E-state index in [0.717, 1.165) is 0 Å². The number of halogens is 2. The molecule has 2 nitrogen and oxygen atoms in total. The van der Waals surface area contributed by atoms with Crippen LogP contribution in [-0.4, -0.2) is 20.1 Å². The summed E-state index contributed by atoms with van der Waals surface area (Å²) in [5, 5.41) is 0.699. The molecule has 0 heterocycles. The van der Waals surface area contributed by atoms with Gasteiger partial charge in [-0.2, -0.15) is 0 Å². The Kier molecular flexibility index (Phi) is 3.83. The summed E-state index contributed by atoms with van der Waals surface area (Å²) in [6.45, 7) is 0. The fraction of sp³-hybridized carbons (Fsp3) is 0.500. The van der Waals surface area contributed by atoms with Gasteiger partial charge in [0, 0.05) is 15.8 Å². The predicted octanol–water partition coefficient (Wildman–Crippen LogP) is 2.44. The van der Waals surface area contributed by atoms with Gasteiger partial charge in [0.15, 0.2) is 9.84 Å². The molecule has 0 unspecified atom stereocenters. The van der Waals surface area contributed by atoms with Gasteiger partial charge in [0.1, 0.15) is 0 Å². The zero-order valence-electron chi connectivity index (χ0n) is 6.96. The standard InChI is InChI=1S/C8H10Cl2O2S/c9-5-6-13(11,12)8-3-1-7(10)2-4-8/h1,3H,2,4-6H2. The van der Waals surface area contributed by atoms with Crippen molar-refractivity contribution in [3.63, 3.8) is 0 Å². The summed E-state index contributed by atoms with van der Waals surface area (Å²) in [4.78, 5) is 0.442. The highest BCUT2D eigenvalue weighted by Crippen LogP contribution is 2.24. The topological polar surface area (TPSA) is 34.1 Å². The zero-order valence-corrected chi connectivity index (χ0v) is 9.29. The van der Waals surface area contributed by atoms with Crippen molar-refractivity contribution in [2.75, 3.05) is 11.6 Å². The van der Waals surface area contributed by atoms with Crippen molar-refractivity contribution < 1.29 is 8.42 Å². The molecule has 0 aliphatic heterocycles. The second-order valence-electron chi connectivity index (χ2n) is 2.75. The molecule has 0 aromatic rings. The minimum absolute atomic E-state index is 0.00580. The lowest BCUT2D eigenvalue weighted by molar-refractivity contribution is 0.601. The Labute approximate surface area is 88.1 Å². The lowest BCUT2D eigenvalue weighted by Crippen LogP contribution is -2.11. The second kappa shape index (κ2) is 4.49. The Morgan fingerprint density at radius 2 is 2.00 bits per heavy atom. The molecular formula is C8H10Cl2O2S. The molecule has 0 atom stereocenters. The van der Waals surface area contributed by atoms with E-state index < -0.39 is 9.84 Å². The van der Waals surface area contributed by atoms with Crippen LogP contribution in [0.4, 0.5) is 0 Å². The van der Waals surface area contributed by atoms with Gasteiger partial charge >= 0.3 is 0 Å². The first-order valence-corrected chi connectivity index (χ1v) is 6.46. The first-order valence-electron chi connectivity index (χ1n) is 3.90. The monoisotopic (exact) mass is 240 g/mol. The highest BCUT2D eigenvalue weighted by molar-refractivity contribution is 7.95. The van der Waals surface area contributed by atoms with Gasteiger partial charge in [-0.15, -0.1) is 11.6 Å². The molecule has 0 amide bonds. The summed E-state index contributed by atoms with van der Waals surface area (Å²) < 4.78 is 22.9. The van der Waals surface area contributed by atoms with E-state index in [1.807, 2.05) is 0 Å². The number of hydrogen-bond donors (Lipinski definition) is 0. The Bertz CT molecular complexity index is 341. The van der Waals surface area contributed by atoms with Gasteiger partial charge in [-0.05, 0) is 25.0 Å². The molecule has 0 aromatic carbocycles. The summed E-state index contributed by atoms with van der Waals surface area (Å²) >= 11 is 11.1. The van der Waals surface area contributed by atoms with Crippen LogP contribution in [0.3, 0.4) is 0 Å². The molecule has 1 aliphatic rings. The highest BCUT2D eigenvalue weighted by Gasteiger charge is 2.18. The van der Waals surface area contributed by atoms with E-state index in [-0.39, 0.29) is 11.6 Å². The van der Waals surface area contributed by atoms with Crippen molar-refractivity contribution >= 4 is 33.0 Å². The quantitative estimate of drug-likeness (QED) is 0.711. The minimum atomic E-state index is -3.13. The van der Waals surface area contributed by atoms with Crippen molar-refractivity contribution in [3.8, 4) is 0 Å². The zero-order chi connectivity index (χ0) is 9.90. The Hall–Kier alpha value is 0.01000. The van der Waals surface area contributed by atoms with Gasteiger partial charge in [-0.1, -0.05) is 11.6 Å². The average molecular weight is 241 g/mol. The van der Waals surface area contributed by atoms with Gasteiger partial charge in [0.25, 0.3) is 0 Å². The third kappa shape index (κ3) is 3.01. The van der Waals surface area contributed by atoms with Crippen LogP contribution in [0.5, 0.6) is 0 Å². The van der Waals surface area contributed by atoms with E-state index in [0.29, 0.717) is 22.8 Å². The van der Waals surface area contributed by atoms with E-state index in [4.69, 9.17) is 23.2 Å². The summed E-state index contributed by atoms with van der Waals surface area (Å²) in [6.07, 6.45) is 4.29. The molecule has 1 aliphatic carbocycles. The molecule has 0 saturated heterocycles. The van der Waals surface area contributed by atoms with Crippen LogP contribution in [0, 0.1) is 0 Å². The predicted molar refractivity (Wildman–Crippen MR) is 55.8 cm³/mol. The lowest BCUT2D eigenvalue weighted by atomic mass is 10.2. The van der Waals surface area contributed by atoms with Gasteiger partial charge < -0.3 is 0 Å². The van der Waals surface area contributed by atoms with Gasteiger partial charge in [0.2, 0.25) is 0 Å². The Balaban J connectivity index is 2.85. The van der Waals surface area contributed by atoms with Gasteiger partial charge in [-0.3, -0.25) is 0 Å². The number of alkyl halides is 1. The minimum Gasteiger partial charge on any atom is -0.224 e. The van der Waals surface area contributed by atoms with Gasteiger partial charge in [-0.25, -0.2) is 8.42 Å². The Morgan fingerprint density at radius 1 is 1.31 bits per heavy atom. The van der Waals surface area contributed by atoms with Crippen LogP contribution in [0.15, 0.2) is 22.1 Å². The number of rotatable bonds is 3. The molecule has 0 aromatic heterocycles. The van der Waals surface area contributed by atoms with E-state index in [1.54, 1.807) is 12.2 Å². The largest absolute Gasteiger partial charge is 0.224 e. The van der Waals surface area contributed by atoms with Crippen LogP contribution >= 0.6 is 23.2 Å². The van der Waals surface area contributed by atoms with Crippen molar-refractivity contribution in [1.29, 1.82) is 0 Å². The molecule has 0 radical (unpaired) electrons. The second-order valence-corrected chi connectivity index (χ2v) is 5.78. The summed E-state index contributed by atoms with van der Waals surface area (Å²) in [5.41, 5.74) is 0. The maximum absolute atomic E-state index is 11.5. The van der Waals surface area contributed by atoms with E-state index in [1.165, 1.54) is 0 Å². The van der Waals surface area contributed by atoms with Gasteiger partial charge in [0.05, 0.1) is 5.75 Å². The molecule has 74 valence electrons. The third-order valence-electron chi connectivity index (χ3n) is 1.81. The van der Waals surface area contributed by atoms with E-state index in [9.17, 15) is 8.42 Å². The summed E-state index contributed by atoms with van der Waals surface area (Å²) in [5.74, 6) is 0.142. The average Bonchev–Trinajstić information content (AvgIpc) is 2.05. The molecule has 0 saturated carbocycles. The first-order chi connectivity index (χ1) is 6.06. The van der Waals surface area contributed by atoms with Crippen LogP contribution in [-0.2, 0) is 9.84 Å². The molecular weight excluding hydrogens is 231 g/mol. The maximum atomic E-state index is 11.5. The molecule has 0 N–H and O–H groups in total. The fourth-order valence-corrected chi connectivity index (χ4v) is 3.01. The van der Waals surface area contributed by atoms with Crippen LogP contribution in [0.2, 0.25) is 0 Å². The van der Waals surface area contributed by atoms with Crippen LogP contribution in [0.1, 0.15) is 12.8 Å². The highest BCUT2D eigenvalue weighted by atomic mass is 35.5. The normalized spacial score (nSPS) is 18.0. The molecule has 0 bridgehead atoms. The smallest absolute Gasteiger partial charge is 0.175 e. The van der Waals surface area contributed by atoms with Crippen molar-refractivity contribution in [2.45, 2.75) is 12.8 Å². The molecule has 0 spiro atoms. The molecule has 13 heavy (non-hydrogen) atoms. The molecule has 0 fully saturated rings. The SMILES string of the molecule is O=S(=O)(CCCl)C1=CC=C(Cl)CC1. The summed E-state index contributed by atoms with van der Waals surface area (Å²) in [6, 6.07) is 0. The fourth-order valence-electron chi connectivity index (χ4n) is 1.08. The van der Waals surface area contributed by atoms with E-state index >= 15 is 0 Å². The third-order valence-corrected chi connectivity index (χ3v) is 4.41. The number of hydrogen-bond acceptors (Lipinski definition) is 2. The van der Waals surface area contributed by atoms with Crippen molar-refractivity contribution in [1.82, 2.24) is 0 Å². The summed E-state index contributed by atoms with van der Waals surface area (Å²) in [7, 11) is -3.13. The van der Waals surface area contributed by atoms with Crippen molar-refractivity contribution in [2.24, 2.45) is 0 Å². The molecule has 5 heteroatoms. The van der Waals surface area contributed by atoms with Crippen LogP contribution in [0.25, 0.3) is 0 Å². The lowest BCUT2D eigenvalue weighted by Gasteiger charge is -2.10. The van der Waals surface area contributed by atoms with E-state index in [2.05, 4.69) is 0 Å². The maximum Gasteiger partial charge on any atom is 0.175 e.